The molecule has 0 aliphatic carbocycles. The van der Waals surface area contributed by atoms with Gasteiger partial charge in [-0.25, -0.2) is 4.79 Å². The van der Waals surface area contributed by atoms with Gasteiger partial charge in [-0.1, -0.05) is 34.1 Å². The Morgan fingerprint density at radius 1 is 1.33 bits per heavy atom. The molecule has 2 amide bonds. The summed E-state index contributed by atoms with van der Waals surface area (Å²) in [5.41, 5.74) is 1.28. The number of hydrogen-bond acceptors (Lipinski definition) is 2. The fourth-order valence-electron chi connectivity index (χ4n) is 2.79. The zero-order valence-corrected chi connectivity index (χ0v) is 14.6. The molecule has 1 aliphatic heterocycles. The van der Waals surface area contributed by atoms with E-state index in [2.05, 4.69) is 46.4 Å². The van der Waals surface area contributed by atoms with Crippen LogP contribution in [0.15, 0.2) is 28.7 Å². The highest BCUT2D eigenvalue weighted by Crippen LogP contribution is 2.24. The minimum atomic E-state index is 0.118. The molecule has 5 heteroatoms. The summed E-state index contributed by atoms with van der Waals surface area (Å²) in [6.45, 7) is 3.85. The number of nitrogens with one attached hydrogen (secondary N) is 1. The normalized spacial score (nSPS) is 17.6. The molecule has 21 heavy (non-hydrogen) atoms. The second-order valence-electron chi connectivity index (χ2n) is 5.85. The number of halogens is 1. The number of hydrogen-bond donors (Lipinski definition) is 1. The maximum Gasteiger partial charge on any atom is 0.319 e. The van der Waals surface area contributed by atoms with Crippen LogP contribution in [0.5, 0.6) is 0 Å². The number of carbonyl (C=O) groups is 1. The molecule has 0 spiro atoms. The molecule has 1 aromatic carbocycles. The van der Waals surface area contributed by atoms with Crippen molar-refractivity contribution in [2.45, 2.75) is 31.8 Å². The molecule has 1 fully saturated rings. The molecule has 116 valence electrons. The van der Waals surface area contributed by atoms with Crippen molar-refractivity contribution in [3.05, 3.63) is 34.3 Å². The molecule has 0 aromatic heterocycles. The maximum absolute atomic E-state index is 11.9. The van der Waals surface area contributed by atoms with Crippen LogP contribution in [0, 0.1) is 0 Å². The van der Waals surface area contributed by atoms with E-state index < -0.39 is 0 Å². The maximum atomic E-state index is 11.9. The monoisotopic (exact) mass is 353 g/mol. The second-order valence-corrected chi connectivity index (χ2v) is 6.70. The first-order chi connectivity index (χ1) is 9.99. The standard InChI is InChI=1S/C16H24BrN3O/c1-12(14-6-4-5-7-15(14)17)18-13-8-10-20(11-9-13)16(21)19(2)3/h4-7,12-13,18H,8-11H2,1-3H3/t12-/m1/s1. The van der Waals surface area contributed by atoms with Gasteiger partial charge in [0, 0.05) is 43.7 Å². The zero-order chi connectivity index (χ0) is 15.4. The lowest BCUT2D eigenvalue weighted by molar-refractivity contribution is 0.151. The Balaban J connectivity index is 1.86. The first kappa shape index (κ1) is 16.3. The van der Waals surface area contributed by atoms with E-state index in [0.717, 1.165) is 30.4 Å². The summed E-state index contributed by atoms with van der Waals surface area (Å²) in [5, 5.41) is 3.68. The number of rotatable bonds is 3. The topological polar surface area (TPSA) is 35.6 Å². The first-order valence-electron chi connectivity index (χ1n) is 7.45. The van der Waals surface area contributed by atoms with Crippen LogP contribution < -0.4 is 5.32 Å². The van der Waals surface area contributed by atoms with E-state index in [0.29, 0.717) is 12.1 Å². The van der Waals surface area contributed by atoms with Gasteiger partial charge in [-0.15, -0.1) is 0 Å². The van der Waals surface area contributed by atoms with Crippen LogP contribution >= 0.6 is 15.9 Å². The van der Waals surface area contributed by atoms with Gasteiger partial charge in [0.15, 0.2) is 0 Å². The van der Waals surface area contributed by atoms with Crippen LogP contribution in [-0.4, -0.2) is 49.1 Å². The van der Waals surface area contributed by atoms with Gasteiger partial charge in [0.2, 0.25) is 0 Å². The van der Waals surface area contributed by atoms with E-state index in [9.17, 15) is 4.79 Å². The van der Waals surface area contributed by atoms with Crippen molar-refractivity contribution in [2.75, 3.05) is 27.2 Å². The Bertz CT molecular complexity index is 484. The van der Waals surface area contributed by atoms with Gasteiger partial charge in [0.25, 0.3) is 0 Å². The van der Waals surface area contributed by atoms with E-state index in [1.54, 1.807) is 4.90 Å². The Hall–Kier alpha value is -1.07. The Labute approximate surface area is 135 Å². The quantitative estimate of drug-likeness (QED) is 0.905. The van der Waals surface area contributed by atoms with Crippen LogP contribution in [0.1, 0.15) is 31.4 Å². The highest BCUT2D eigenvalue weighted by molar-refractivity contribution is 9.10. The SMILES string of the molecule is C[C@@H](NC1CCN(C(=O)N(C)C)CC1)c1ccccc1Br. The van der Waals surface area contributed by atoms with E-state index in [1.807, 2.05) is 25.1 Å². The van der Waals surface area contributed by atoms with Gasteiger partial charge >= 0.3 is 6.03 Å². The number of nitrogens with zero attached hydrogens (tertiary/aromatic N) is 2. The van der Waals surface area contributed by atoms with Gasteiger partial charge in [0.1, 0.15) is 0 Å². The largest absolute Gasteiger partial charge is 0.331 e. The molecule has 2 rings (SSSR count). The number of carbonyl (C=O) groups excluding carboxylic acids is 1. The molecule has 0 bridgehead atoms. The summed E-state index contributed by atoms with van der Waals surface area (Å²) in [7, 11) is 3.61. The van der Waals surface area contributed by atoms with Gasteiger partial charge < -0.3 is 15.1 Å². The van der Waals surface area contributed by atoms with Crippen LogP contribution in [-0.2, 0) is 0 Å². The molecule has 4 nitrogen and oxygen atoms in total. The molecule has 0 saturated carbocycles. The summed E-state index contributed by atoms with van der Waals surface area (Å²) < 4.78 is 1.14. The first-order valence-corrected chi connectivity index (χ1v) is 8.25. The summed E-state index contributed by atoms with van der Waals surface area (Å²) in [6, 6.07) is 9.22. The Morgan fingerprint density at radius 3 is 2.52 bits per heavy atom. The van der Waals surface area contributed by atoms with E-state index in [4.69, 9.17) is 0 Å². The molecule has 1 atom stereocenters. The number of piperidine rings is 1. The predicted molar refractivity (Wildman–Crippen MR) is 89.4 cm³/mol. The van der Waals surface area contributed by atoms with Crippen molar-refractivity contribution in [1.82, 2.24) is 15.1 Å². The summed E-state index contributed by atoms with van der Waals surface area (Å²) in [4.78, 5) is 15.5. The van der Waals surface area contributed by atoms with E-state index >= 15 is 0 Å². The zero-order valence-electron chi connectivity index (χ0n) is 13.0. The molecule has 1 N–H and O–H groups in total. The lowest BCUT2D eigenvalue weighted by atomic mass is 10.0. The third kappa shape index (κ3) is 4.20. The van der Waals surface area contributed by atoms with Crippen LogP contribution in [0.3, 0.4) is 0 Å². The van der Waals surface area contributed by atoms with Crippen LogP contribution in [0.4, 0.5) is 4.79 Å². The molecule has 1 saturated heterocycles. The number of benzene rings is 1. The summed E-state index contributed by atoms with van der Waals surface area (Å²) >= 11 is 3.61. The number of urea groups is 1. The third-order valence-electron chi connectivity index (χ3n) is 4.01. The van der Waals surface area contributed by atoms with Crippen molar-refractivity contribution in [2.24, 2.45) is 0 Å². The smallest absolute Gasteiger partial charge is 0.319 e. The van der Waals surface area contributed by atoms with Gasteiger partial charge in [-0.05, 0) is 31.4 Å². The summed E-state index contributed by atoms with van der Waals surface area (Å²) in [6.07, 6.45) is 2.02. The minimum Gasteiger partial charge on any atom is -0.331 e. The molecule has 1 aromatic rings. The van der Waals surface area contributed by atoms with Crippen molar-refractivity contribution >= 4 is 22.0 Å². The summed E-state index contributed by atoms with van der Waals surface area (Å²) in [5.74, 6) is 0. The molecule has 0 unspecified atom stereocenters. The molecule has 0 radical (unpaired) electrons. The predicted octanol–water partition coefficient (Wildman–Crippen LogP) is 3.25. The van der Waals surface area contributed by atoms with Crippen molar-refractivity contribution in [1.29, 1.82) is 0 Å². The lowest BCUT2D eigenvalue weighted by Crippen LogP contribution is -2.48. The van der Waals surface area contributed by atoms with Crippen molar-refractivity contribution in [3.8, 4) is 0 Å². The number of likely N-dealkylation sites (tertiary alicyclic amines) is 1. The highest BCUT2D eigenvalue weighted by atomic mass is 79.9. The van der Waals surface area contributed by atoms with Gasteiger partial charge in [0.05, 0.1) is 0 Å². The van der Waals surface area contributed by atoms with E-state index in [-0.39, 0.29) is 6.03 Å². The van der Waals surface area contributed by atoms with Crippen LogP contribution in [0.2, 0.25) is 0 Å². The Kier molecular flexibility index (Phi) is 5.65. The second kappa shape index (κ2) is 7.27. The van der Waals surface area contributed by atoms with Crippen LogP contribution in [0.25, 0.3) is 0 Å². The minimum absolute atomic E-state index is 0.118. The molecule has 1 heterocycles. The average molecular weight is 354 g/mol. The van der Waals surface area contributed by atoms with E-state index in [1.165, 1.54) is 5.56 Å². The van der Waals surface area contributed by atoms with Gasteiger partial charge in [-0.2, -0.15) is 0 Å². The highest BCUT2D eigenvalue weighted by Gasteiger charge is 2.24. The molecular formula is C16H24BrN3O. The van der Waals surface area contributed by atoms with Gasteiger partial charge in [-0.3, -0.25) is 0 Å². The molecular weight excluding hydrogens is 330 g/mol. The average Bonchev–Trinajstić information content (AvgIpc) is 2.47. The fourth-order valence-corrected chi connectivity index (χ4v) is 3.42. The van der Waals surface area contributed by atoms with Crippen molar-refractivity contribution in [3.63, 3.8) is 0 Å². The third-order valence-corrected chi connectivity index (χ3v) is 4.73. The van der Waals surface area contributed by atoms with Crippen molar-refractivity contribution < 1.29 is 4.79 Å². The number of amides is 2. The Morgan fingerprint density at radius 2 is 1.95 bits per heavy atom. The lowest BCUT2D eigenvalue weighted by Gasteiger charge is -2.35. The molecule has 1 aliphatic rings. The fraction of sp³-hybridized carbons (Fsp3) is 0.562.